The molecule has 0 aliphatic rings. The highest BCUT2D eigenvalue weighted by Crippen LogP contribution is 2.16. The van der Waals surface area contributed by atoms with E-state index in [-0.39, 0.29) is 17.5 Å². The number of H-pyrrole nitrogens is 1. The van der Waals surface area contributed by atoms with Crippen molar-refractivity contribution in [3.05, 3.63) is 57.3 Å². The van der Waals surface area contributed by atoms with Crippen molar-refractivity contribution in [3.8, 4) is 0 Å². The second-order valence-corrected chi connectivity index (χ2v) is 4.98. The number of hydrogen-bond acceptors (Lipinski definition) is 5. The number of methoxy groups -OCH3 is 1. The number of carbonyl (C=O) groups is 2. The van der Waals surface area contributed by atoms with Crippen molar-refractivity contribution in [2.45, 2.75) is 20.3 Å². The van der Waals surface area contributed by atoms with E-state index in [2.05, 4.69) is 20.0 Å². The van der Waals surface area contributed by atoms with Crippen LogP contribution in [-0.4, -0.2) is 29.0 Å². The molecule has 0 radical (unpaired) electrons. The summed E-state index contributed by atoms with van der Waals surface area (Å²) in [6.45, 7) is 3.35. The number of para-hydroxylation sites is 1. The van der Waals surface area contributed by atoms with E-state index in [1.54, 1.807) is 38.1 Å². The van der Waals surface area contributed by atoms with Crippen molar-refractivity contribution >= 4 is 17.6 Å². The molecule has 2 aromatic rings. The van der Waals surface area contributed by atoms with Gasteiger partial charge in [-0.3, -0.25) is 9.59 Å². The van der Waals surface area contributed by atoms with Crippen molar-refractivity contribution < 1.29 is 14.3 Å². The monoisotopic (exact) mass is 315 g/mol. The third kappa shape index (κ3) is 3.82. The van der Waals surface area contributed by atoms with Gasteiger partial charge in [-0.1, -0.05) is 12.1 Å². The van der Waals surface area contributed by atoms with E-state index < -0.39 is 11.9 Å². The Morgan fingerprint density at radius 2 is 1.96 bits per heavy atom. The molecule has 120 valence electrons. The van der Waals surface area contributed by atoms with Gasteiger partial charge in [0.25, 0.3) is 5.56 Å². The van der Waals surface area contributed by atoms with Crippen LogP contribution in [0, 0.1) is 13.8 Å². The van der Waals surface area contributed by atoms with Gasteiger partial charge in [0, 0.05) is 11.3 Å². The number of anilines is 1. The molecular weight excluding hydrogens is 298 g/mol. The van der Waals surface area contributed by atoms with Crippen LogP contribution in [0.4, 0.5) is 5.69 Å². The van der Waals surface area contributed by atoms with Crippen LogP contribution in [0.2, 0.25) is 0 Å². The average molecular weight is 315 g/mol. The third-order valence-corrected chi connectivity index (χ3v) is 3.28. The molecule has 0 saturated carbocycles. The maximum absolute atomic E-state index is 12.2. The molecule has 0 aliphatic carbocycles. The number of nitrogens with one attached hydrogen (secondary N) is 2. The summed E-state index contributed by atoms with van der Waals surface area (Å²) < 4.78 is 4.67. The molecule has 0 unspecified atom stereocenters. The molecule has 7 nitrogen and oxygen atoms in total. The lowest BCUT2D eigenvalue weighted by atomic mass is 10.1. The molecule has 2 rings (SSSR count). The van der Waals surface area contributed by atoms with Crippen molar-refractivity contribution in [3.63, 3.8) is 0 Å². The molecule has 1 aromatic heterocycles. The number of aromatic amines is 1. The molecule has 0 spiro atoms. The number of aryl methyl sites for hydroxylation is 2. The molecule has 0 saturated heterocycles. The number of esters is 1. The van der Waals surface area contributed by atoms with Crippen LogP contribution < -0.4 is 10.9 Å². The Bertz CT molecular complexity index is 811. The maximum atomic E-state index is 12.2. The lowest BCUT2D eigenvalue weighted by Crippen LogP contribution is -2.24. The smallest absolute Gasteiger partial charge is 0.339 e. The van der Waals surface area contributed by atoms with E-state index in [9.17, 15) is 14.4 Å². The standard InChI is InChI=1S/C16H17N3O4/c1-9-12(15(21)18-10(2)17-9)8-14(20)19-13-7-5-4-6-11(13)16(22)23-3/h4-7H,8H2,1-3H3,(H,19,20)(H,17,18,21). The summed E-state index contributed by atoms with van der Waals surface area (Å²) >= 11 is 0. The van der Waals surface area contributed by atoms with Crippen molar-refractivity contribution in [2.24, 2.45) is 0 Å². The highest BCUT2D eigenvalue weighted by atomic mass is 16.5. The molecule has 0 bridgehead atoms. The summed E-state index contributed by atoms with van der Waals surface area (Å²) in [7, 11) is 1.27. The van der Waals surface area contributed by atoms with Crippen LogP contribution >= 0.6 is 0 Å². The maximum Gasteiger partial charge on any atom is 0.339 e. The highest BCUT2D eigenvalue weighted by Gasteiger charge is 2.16. The number of hydrogen-bond donors (Lipinski definition) is 2. The first-order valence-electron chi connectivity index (χ1n) is 6.96. The van der Waals surface area contributed by atoms with Crippen LogP contribution in [0.3, 0.4) is 0 Å². The zero-order valence-electron chi connectivity index (χ0n) is 13.1. The molecule has 1 heterocycles. The van der Waals surface area contributed by atoms with Gasteiger partial charge in [0.15, 0.2) is 0 Å². The minimum atomic E-state index is -0.549. The van der Waals surface area contributed by atoms with E-state index in [0.717, 1.165) is 0 Å². The summed E-state index contributed by atoms with van der Waals surface area (Å²) in [6, 6.07) is 6.50. The SMILES string of the molecule is COC(=O)c1ccccc1NC(=O)Cc1c(C)nc(C)[nH]c1=O. The predicted molar refractivity (Wildman–Crippen MR) is 84.4 cm³/mol. The van der Waals surface area contributed by atoms with Gasteiger partial charge in [0.05, 0.1) is 24.8 Å². The van der Waals surface area contributed by atoms with Crippen LogP contribution in [0.1, 0.15) is 27.4 Å². The fourth-order valence-corrected chi connectivity index (χ4v) is 2.19. The number of rotatable bonds is 4. The third-order valence-electron chi connectivity index (χ3n) is 3.28. The largest absolute Gasteiger partial charge is 0.465 e. The van der Waals surface area contributed by atoms with E-state index in [4.69, 9.17) is 0 Å². The van der Waals surface area contributed by atoms with Gasteiger partial charge in [-0.25, -0.2) is 9.78 Å². The van der Waals surface area contributed by atoms with Crippen molar-refractivity contribution in [1.82, 2.24) is 9.97 Å². The first kappa shape index (κ1) is 16.4. The summed E-state index contributed by atoms with van der Waals surface area (Å²) in [5, 5.41) is 2.62. The first-order valence-corrected chi connectivity index (χ1v) is 6.96. The lowest BCUT2D eigenvalue weighted by Gasteiger charge is -2.10. The van der Waals surface area contributed by atoms with E-state index in [0.29, 0.717) is 22.8 Å². The Morgan fingerprint density at radius 3 is 2.61 bits per heavy atom. The molecular formula is C16H17N3O4. The number of nitrogens with zero attached hydrogens (tertiary/aromatic N) is 1. The van der Waals surface area contributed by atoms with Gasteiger partial charge in [0.1, 0.15) is 5.82 Å². The molecule has 0 fully saturated rings. The fraction of sp³-hybridized carbons (Fsp3) is 0.250. The lowest BCUT2D eigenvalue weighted by molar-refractivity contribution is -0.115. The quantitative estimate of drug-likeness (QED) is 0.829. The molecule has 0 atom stereocenters. The average Bonchev–Trinajstić information content (AvgIpc) is 2.50. The van der Waals surface area contributed by atoms with Gasteiger partial charge in [-0.2, -0.15) is 0 Å². The summed E-state index contributed by atoms with van der Waals surface area (Å²) in [6.07, 6.45) is -0.135. The Kier molecular flexibility index (Phi) is 4.90. The first-order chi connectivity index (χ1) is 10.9. The van der Waals surface area contributed by atoms with Gasteiger partial charge < -0.3 is 15.0 Å². The molecule has 1 aromatic carbocycles. The minimum absolute atomic E-state index is 0.135. The summed E-state index contributed by atoms with van der Waals surface area (Å²) in [4.78, 5) is 42.5. The summed E-state index contributed by atoms with van der Waals surface area (Å²) in [5.74, 6) is -0.472. The Hall–Kier alpha value is -2.96. The second-order valence-electron chi connectivity index (χ2n) is 4.98. The predicted octanol–water partition coefficient (Wildman–Crippen LogP) is 1.35. The van der Waals surface area contributed by atoms with Crippen LogP contribution in [0.25, 0.3) is 0 Å². The van der Waals surface area contributed by atoms with Gasteiger partial charge in [0.2, 0.25) is 5.91 Å². The fourth-order valence-electron chi connectivity index (χ4n) is 2.19. The van der Waals surface area contributed by atoms with E-state index >= 15 is 0 Å². The Labute approximate surface area is 132 Å². The van der Waals surface area contributed by atoms with E-state index in [1.807, 2.05) is 0 Å². The number of benzene rings is 1. The molecule has 0 aliphatic heterocycles. The number of carbonyl (C=O) groups excluding carboxylic acids is 2. The minimum Gasteiger partial charge on any atom is -0.465 e. The van der Waals surface area contributed by atoms with E-state index in [1.165, 1.54) is 7.11 Å². The molecule has 23 heavy (non-hydrogen) atoms. The topological polar surface area (TPSA) is 101 Å². The Balaban J connectivity index is 2.22. The van der Waals surface area contributed by atoms with Crippen LogP contribution in [-0.2, 0) is 16.0 Å². The molecule has 1 amide bonds. The zero-order chi connectivity index (χ0) is 17.0. The molecule has 7 heteroatoms. The number of aromatic nitrogens is 2. The van der Waals surface area contributed by atoms with Crippen molar-refractivity contribution in [2.75, 3.05) is 12.4 Å². The van der Waals surface area contributed by atoms with Gasteiger partial charge >= 0.3 is 5.97 Å². The number of ether oxygens (including phenoxy) is 1. The summed E-state index contributed by atoms with van der Waals surface area (Å²) in [5.41, 5.74) is 1.03. The highest BCUT2D eigenvalue weighted by molar-refractivity contribution is 6.01. The molecule has 2 N–H and O–H groups in total. The van der Waals surface area contributed by atoms with Gasteiger partial charge in [-0.15, -0.1) is 0 Å². The van der Waals surface area contributed by atoms with Crippen molar-refractivity contribution in [1.29, 1.82) is 0 Å². The van der Waals surface area contributed by atoms with Gasteiger partial charge in [-0.05, 0) is 26.0 Å². The second kappa shape index (κ2) is 6.87. The zero-order valence-corrected chi connectivity index (χ0v) is 13.1. The number of amides is 1. The van der Waals surface area contributed by atoms with Crippen LogP contribution in [0.15, 0.2) is 29.1 Å². The van der Waals surface area contributed by atoms with Crippen LogP contribution in [0.5, 0.6) is 0 Å². The normalized spacial score (nSPS) is 10.2. The Morgan fingerprint density at radius 1 is 1.26 bits per heavy atom.